The smallest absolute Gasteiger partial charge is 0.265 e. The topological polar surface area (TPSA) is 83.6 Å². The highest BCUT2D eigenvalue weighted by Gasteiger charge is 2.32. The molecule has 1 aliphatic heterocycles. The number of anilines is 3. The summed E-state index contributed by atoms with van der Waals surface area (Å²) in [6.07, 6.45) is 1.42. The Balaban J connectivity index is 1.54. The molecule has 2 amide bonds. The van der Waals surface area contributed by atoms with Crippen LogP contribution in [-0.4, -0.2) is 37.0 Å². The first-order chi connectivity index (χ1) is 14.9. The van der Waals surface area contributed by atoms with Gasteiger partial charge in [-0.05, 0) is 47.5 Å². The average molecular weight is 416 g/mol. The van der Waals surface area contributed by atoms with E-state index < -0.39 is 6.10 Å². The highest BCUT2D eigenvalue weighted by atomic mass is 16.5. The Kier molecular flexibility index (Phi) is 5.58. The van der Waals surface area contributed by atoms with Crippen LogP contribution in [0.4, 0.5) is 17.1 Å². The fourth-order valence-electron chi connectivity index (χ4n) is 3.60. The third-order valence-electron chi connectivity index (χ3n) is 5.08. The van der Waals surface area contributed by atoms with Crippen LogP contribution in [0.3, 0.4) is 0 Å². The lowest BCUT2D eigenvalue weighted by molar-refractivity contribution is -0.122. The quantitative estimate of drug-likeness (QED) is 0.662. The van der Waals surface area contributed by atoms with Gasteiger partial charge < -0.3 is 20.3 Å². The second-order valence-electron chi connectivity index (χ2n) is 7.65. The first kappa shape index (κ1) is 20.4. The van der Waals surface area contributed by atoms with Gasteiger partial charge in [0.25, 0.3) is 5.91 Å². The van der Waals surface area contributed by atoms with Crippen LogP contribution in [0.15, 0.2) is 60.8 Å². The predicted molar refractivity (Wildman–Crippen MR) is 121 cm³/mol. The Morgan fingerprint density at radius 1 is 1.03 bits per heavy atom. The van der Waals surface area contributed by atoms with Crippen molar-refractivity contribution >= 4 is 28.9 Å². The first-order valence-corrected chi connectivity index (χ1v) is 10.0. The van der Waals surface area contributed by atoms with E-state index in [1.54, 1.807) is 6.20 Å². The van der Waals surface area contributed by atoms with Gasteiger partial charge in [-0.2, -0.15) is 0 Å². The SMILES string of the molecule is CC(=O)Nc1cccc(-c2ccnc3c2CC(C(=O)Nc2cccc(N(C)C)c2)O3)c1. The Morgan fingerprint density at radius 2 is 1.77 bits per heavy atom. The number of nitrogens with zero attached hydrogens (tertiary/aromatic N) is 2. The molecular formula is C24H24N4O3. The van der Waals surface area contributed by atoms with Crippen LogP contribution in [0, 0.1) is 0 Å². The normalized spacial score (nSPS) is 14.4. The molecule has 0 saturated heterocycles. The fourth-order valence-corrected chi connectivity index (χ4v) is 3.60. The summed E-state index contributed by atoms with van der Waals surface area (Å²) in [6.45, 7) is 1.47. The van der Waals surface area contributed by atoms with Crippen LogP contribution < -0.4 is 20.3 Å². The Labute approximate surface area is 181 Å². The van der Waals surface area contributed by atoms with E-state index in [4.69, 9.17) is 4.74 Å². The zero-order valence-electron chi connectivity index (χ0n) is 17.7. The molecule has 0 spiro atoms. The number of hydrogen-bond acceptors (Lipinski definition) is 5. The van der Waals surface area contributed by atoms with E-state index in [1.807, 2.05) is 73.6 Å². The van der Waals surface area contributed by atoms with Crippen molar-refractivity contribution in [3.63, 3.8) is 0 Å². The van der Waals surface area contributed by atoms with Gasteiger partial charge in [0.1, 0.15) is 0 Å². The van der Waals surface area contributed by atoms with Crippen LogP contribution in [0.5, 0.6) is 5.88 Å². The Bertz CT molecular complexity index is 1140. The highest BCUT2D eigenvalue weighted by molar-refractivity contribution is 5.96. The van der Waals surface area contributed by atoms with Crippen molar-refractivity contribution in [1.29, 1.82) is 0 Å². The molecule has 158 valence electrons. The van der Waals surface area contributed by atoms with Crippen LogP contribution >= 0.6 is 0 Å². The van der Waals surface area contributed by atoms with Gasteiger partial charge in [0.05, 0.1) is 0 Å². The third-order valence-corrected chi connectivity index (χ3v) is 5.08. The number of nitrogens with one attached hydrogen (secondary N) is 2. The average Bonchev–Trinajstić information content (AvgIpc) is 3.18. The lowest BCUT2D eigenvalue weighted by Crippen LogP contribution is -2.31. The van der Waals surface area contributed by atoms with E-state index in [-0.39, 0.29) is 11.8 Å². The third kappa shape index (κ3) is 4.50. The van der Waals surface area contributed by atoms with Gasteiger partial charge in [0, 0.05) is 56.3 Å². The molecule has 1 unspecified atom stereocenters. The maximum Gasteiger partial charge on any atom is 0.265 e. The minimum Gasteiger partial charge on any atom is -0.464 e. The summed E-state index contributed by atoms with van der Waals surface area (Å²) in [5.74, 6) is 0.118. The van der Waals surface area contributed by atoms with Gasteiger partial charge in [-0.1, -0.05) is 18.2 Å². The molecule has 4 rings (SSSR count). The van der Waals surface area contributed by atoms with Crippen molar-refractivity contribution in [2.75, 3.05) is 29.6 Å². The molecule has 0 radical (unpaired) electrons. The van der Waals surface area contributed by atoms with Gasteiger partial charge in [0.2, 0.25) is 11.8 Å². The molecule has 1 aromatic heterocycles. The van der Waals surface area contributed by atoms with E-state index in [2.05, 4.69) is 15.6 Å². The van der Waals surface area contributed by atoms with Crippen molar-refractivity contribution in [2.45, 2.75) is 19.4 Å². The number of aromatic nitrogens is 1. The summed E-state index contributed by atoms with van der Waals surface area (Å²) in [5.41, 5.74) is 5.16. The number of hydrogen-bond donors (Lipinski definition) is 2. The zero-order valence-corrected chi connectivity index (χ0v) is 17.7. The predicted octanol–water partition coefficient (Wildman–Crippen LogP) is 3.72. The second kappa shape index (κ2) is 8.47. The van der Waals surface area contributed by atoms with Gasteiger partial charge in [0.15, 0.2) is 6.10 Å². The van der Waals surface area contributed by atoms with E-state index in [9.17, 15) is 9.59 Å². The molecule has 7 heteroatoms. The molecule has 0 fully saturated rings. The van der Waals surface area contributed by atoms with Gasteiger partial charge in [-0.3, -0.25) is 9.59 Å². The van der Waals surface area contributed by atoms with Crippen molar-refractivity contribution in [1.82, 2.24) is 4.98 Å². The molecule has 7 nitrogen and oxygen atoms in total. The molecule has 3 aromatic rings. The monoisotopic (exact) mass is 416 g/mol. The van der Waals surface area contributed by atoms with Crippen molar-refractivity contribution in [3.8, 4) is 17.0 Å². The fraction of sp³-hybridized carbons (Fsp3) is 0.208. The summed E-state index contributed by atoms with van der Waals surface area (Å²) < 4.78 is 5.87. The van der Waals surface area contributed by atoms with Crippen molar-refractivity contribution < 1.29 is 14.3 Å². The number of ether oxygens (including phenoxy) is 1. The summed E-state index contributed by atoms with van der Waals surface area (Å²) in [5, 5.41) is 5.73. The largest absolute Gasteiger partial charge is 0.464 e. The van der Waals surface area contributed by atoms with Crippen LogP contribution in [0.1, 0.15) is 12.5 Å². The lowest BCUT2D eigenvalue weighted by Gasteiger charge is -2.15. The van der Waals surface area contributed by atoms with Crippen LogP contribution in [0.25, 0.3) is 11.1 Å². The molecule has 1 aliphatic rings. The van der Waals surface area contributed by atoms with E-state index in [0.717, 1.165) is 22.4 Å². The van der Waals surface area contributed by atoms with Gasteiger partial charge >= 0.3 is 0 Å². The maximum absolute atomic E-state index is 12.9. The first-order valence-electron chi connectivity index (χ1n) is 10.0. The van der Waals surface area contributed by atoms with Gasteiger partial charge in [-0.15, -0.1) is 0 Å². The van der Waals surface area contributed by atoms with Crippen LogP contribution in [0.2, 0.25) is 0 Å². The number of fused-ring (bicyclic) bond motifs is 1. The highest BCUT2D eigenvalue weighted by Crippen LogP contribution is 2.36. The van der Waals surface area contributed by atoms with E-state index >= 15 is 0 Å². The van der Waals surface area contributed by atoms with Crippen molar-refractivity contribution in [2.24, 2.45) is 0 Å². The van der Waals surface area contributed by atoms with Gasteiger partial charge in [-0.25, -0.2) is 4.98 Å². The number of benzene rings is 2. The molecule has 0 bridgehead atoms. The molecule has 2 aromatic carbocycles. The molecule has 1 atom stereocenters. The molecule has 31 heavy (non-hydrogen) atoms. The second-order valence-corrected chi connectivity index (χ2v) is 7.65. The van der Waals surface area contributed by atoms with Crippen LogP contribution in [-0.2, 0) is 16.0 Å². The Morgan fingerprint density at radius 3 is 2.52 bits per heavy atom. The maximum atomic E-state index is 12.9. The van der Waals surface area contributed by atoms with Crippen molar-refractivity contribution in [3.05, 3.63) is 66.4 Å². The summed E-state index contributed by atoms with van der Waals surface area (Å²) in [4.78, 5) is 30.5. The minimum absolute atomic E-state index is 0.129. The number of carbonyl (C=O) groups excluding carboxylic acids is 2. The number of carbonyl (C=O) groups is 2. The summed E-state index contributed by atoms with van der Waals surface area (Å²) in [7, 11) is 3.90. The Hall–Kier alpha value is -3.87. The molecule has 0 saturated carbocycles. The summed E-state index contributed by atoms with van der Waals surface area (Å²) in [6, 6.07) is 17.1. The minimum atomic E-state index is -0.662. The molecule has 2 N–H and O–H groups in total. The van der Waals surface area contributed by atoms with E-state index in [1.165, 1.54) is 6.92 Å². The number of amides is 2. The number of pyridine rings is 1. The molecule has 0 aliphatic carbocycles. The lowest BCUT2D eigenvalue weighted by atomic mass is 9.98. The number of rotatable bonds is 5. The zero-order chi connectivity index (χ0) is 22.0. The summed E-state index contributed by atoms with van der Waals surface area (Å²) >= 11 is 0. The molecule has 2 heterocycles. The molecular weight excluding hydrogens is 392 g/mol. The standard InChI is InChI=1S/C24H24N4O3/c1-15(29)26-17-7-4-6-16(12-17)20-10-11-25-24-21(20)14-22(31-24)23(30)27-18-8-5-9-19(13-18)28(2)3/h4-13,22H,14H2,1-3H3,(H,26,29)(H,27,30). The van der Waals surface area contributed by atoms with E-state index in [0.29, 0.717) is 23.7 Å².